The minimum absolute atomic E-state index is 0. The SMILES string of the molecule is C[C@@H]1CCc2ncnc(N3CCN(C(=O)[C@H](N)Cc4ccc(Cl)cc4)C[C@@H]3C)c21.Cl.Cl. The van der Waals surface area contributed by atoms with E-state index in [2.05, 4.69) is 28.7 Å². The molecule has 2 N–H and O–H groups in total. The predicted molar refractivity (Wildman–Crippen MR) is 130 cm³/mol. The fraction of sp³-hybridized carbons (Fsp3) is 0.500. The maximum absolute atomic E-state index is 12.9. The molecule has 1 aliphatic carbocycles. The van der Waals surface area contributed by atoms with Gasteiger partial charge in [-0.05, 0) is 49.8 Å². The highest BCUT2D eigenvalue weighted by molar-refractivity contribution is 6.30. The average molecular weight is 487 g/mol. The first kappa shape index (κ1) is 25.7. The van der Waals surface area contributed by atoms with E-state index in [0.717, 1.165) is 30.8 Å². The Balaban J connectivity index is 0.00000171. The molecule has 1 aliphatic heterocycles. The molecule has 1 amide bonds. The van der Waals surface area contributed by atoms with E-state index in [9.17, 15) is 4.79 Å². The molecule has 1 aromatic heterocycles. The van der Waals surface area contributed by atoms with Crippen LogP contribution in [-0.4, -0.2) is 52.5 Å². The lowest BCUT2D eigenvalue weighted by Crippen LogP contribution is -2.57. The van der Waals surface area contributed by atoms with Crippen LogP contribution in [-0.2, 0) is 17.6 Å². The van der Waals surface area contributed by atoms with Gasteiger partial charge in [0.2, 0.25) is 5.91 Å². The van der Waals surface area contributed by atoms with Crippen LogP contribution >= 0.6 is 36.4 Å². The van der Waals surface area contributed by atoms with Crippen LogP contribution in [0.25, 0.3) is 0 Å². The minimum Gasteiger partial charge on any atom is -0.350 e. The molecule has 2 aliphatic rings. The number of piperazine rings is 1. The summed E-state index contributed by atoms with van der Waals surface area (Å²) < 4.78 is 0. The van der Waals surface area contributed by atoms with Gasteiger partial charge in [0.05, 0.1) is 6.04 Å². The van der Waals surface area contributed by atoms with Crippen LogP contribution in [0.4, 0.5) is 5.82 Å². The molecule has 4 rings (SSSR count). The molecule has 1 aromatic carbocycles. The van der Waals surface area contributed by atoms with Gasteiger partial charge in [0, 0.05) is 42.0 Å². The van der Waals surface area contributed by atoms with Gasteiger partial charge in [-0.15, -0.1) is 24.8 Å². The van der Waals surface area contributed by atoms with Gasteiger partial charge in [-0.3, -0.25) is 4.79 Å². The van der Waals surface area contributed by atoms with Gasteiger partial charge >= 0.3 is 0 Å². The lowest BCUT2D eigenvalue weighted by atomic mass is 10.0. The summed E-state index contributed by atoms with van der Waals surface area (Å²) in [5, 5.41) is 0.684. The van der Waals surface area contributed by atoms with E-state index in [1.165, 1.54) is 11.3 Å². The Labute approximate surface area is 201 Å². The Morgan fingerprint density at radius 2 is 1.90 bits per heavy atom. The average Bonchev–Trinajstić information content (AvgIpc) is 3.10. The second-order valence-corrected chi connectivity index (χ2v) is 8.70. The third-order valence-electron chi connectivity index (χ3n) is 6.15. The molecule has 9 heteroatoms. The Kier molecular flexibility index (Phi) is 8.95. The Morgan fingerprint density at radius 3 is 2.58 bits per heavy atom. The van der Waals surface area contributed by atoms with Crippen molar-refractivity contribution in [2.75, 3.05) is 24.5 Å². The molecule has 0 bridgehead atoms. The number of hydrogen-bond donors (Lipinski definition) is 1. The van der Waals surface area contributed by atoms with Crippen LogP contribution in [0, 0.1) is 0 Å². The highest BCUT2D eigenvalue weighted by atomic mass is 35.5. The molecule has 170 valence electrons. The van der Waals surface area contributed by atoms with Gasteiger partial charge in [0.25, 0.3) is 0 Å². The summed E-state index contributed by atoms with van der Waals surface area (Å²) in [5.41, 5.74) is 9.73. The Bertz CT molecular complexity index is 895. The number of hydrogen-bond acceptors (Lipinski definition) is 5. The summed E-state index contributed by atoms with van der Waals surface area (Å²) in [4.78, 5) is 26.2. The van der Waals surface area contributed by atoms with E-state index in [-0.39, 0.29) is 36.8 Å². The number of benzene rings is 1. The van der Waals surface area contributed by atoms with E-state index >= 15 is 0 Å². The zero-order chi connectivity index (χ0) is 20.5. The zero-order valence-corrected chi connectivity index (χ0v) is 20.2. The largest absolute Gasteiger partial charge is 0.350 e. The number of aromatic nitrogens is 2. The number of nitrogens with two attached hydrogens (primary N) is 1. The molecule has 6 nitrogen and oxygen atoms in total. The van der Waals surface area contributed by atoms with E-state index in [0.29, 0.717) is 30.5 Å². The zero-order valence-electron chi connectivity index (χ0n) is 17.8. The van der Waals surface area contributed by atoms with Gasteiger partial charge in [0.15, 0.2) is 0 Å². The molecule has 2 aromatic rings. The molecule has 3 atom stereocenters. The van der Waals surface area contributed by atoms with Crippen molar-refractivity contribution in [3.8, 4) is 0 Å². The van der Waals surface area contributed by atoms with Crippen LogP contribution in [0.2, 0.25) is 5.02 Å². The van der Waals surface area contributed by atoms with Crippen molar-refractivity contribution in [2.24, 2.45) is 5.73 Å². The molecule has 0 saturated carbocycles. The number of carbonyl (C=O) groups excluding carboxylic acids is 1. The monoisotopic (exact) mass is 485 g/mol. The standard InChI is InChI=1S/C22H28ClN5O.2ClH/c1-14-3-8-19-20(14)21(26-13-25-19)28-10-9-27(12-15(28)2)22(29)18(24)11-16-4-6-17(23)7-5-16;;/h4-7,13-15,18H,3,8-12,24H2,1-2H3;2*1H/t14-,15+,18-;;/m1../s1. The Morgan fingerprint density at radius 1 is 1.19 bits per heavy atom. The quantitative estimate of drug-likeness (QED) is 0.714. The highest BCUT2D eigenvalue weighted by Gasteiger charge is 2.33. The van der Waals surface area contributed by atoms with E-state index in [1.54, 1.807) is 6.33 Å². The maximum Gasteiger partial charge on any atom is 0.239 e. The van der Waals surface area contributed by atoms with Crippen molar-refractivity contribution in [2.45, 2.75) is 51.1 Å². The number of anilines is 1. The summed E-state index contributed by atoms with van der Waals surface area (Å²) >= 11 is 5.94. The second-order valence-electron chi connectivity index (χ2n) is 8.26. The van der Waals surface area contributed by atoms with E-state index in [4.69, 9.17) is 17.3 Å². The Hall–Kier alpha value is -1.60. The van der Waals surface area contributed by atoms with Gasteiger partial charge < -0.3 is 15.5 Å². The summed E-state index contributed by atoms with van der Waals surface area (Å²) in [6, 6.07) is 7.15. The normalized spacial score (nSPS) is 21.0. The van der Waals surface area contributed by atoms with Gasteiger partial charge in [0.1, 0.15) is 12.1 Å². The number of rotatable bonds is 4. The first-order valence-electron chi connectivity index (χ1n) is 10.3. The topological polar surface area (TPSA) is 75.4 Å². The van der Waals surface area contributed by atoms with Crippen LogP contribution in [0.5, 0.6) is 0 Å². The number of fused-ring (bicyclic) bond motifs is 1. The summed E-state index contributed by atoms with van der Waals surface area (Å²) in [6.07, 6.45) is 4.35. The van der Waals surface area contributed by atoms with Gasteiger partial charge in [-0.2, -0.15) is 0 Å². The fourth-order valence-corrected chi connectivity index (χ4v) is 4.65. The molecule has 0 unspecified atom stereocenters. The molecule has 0 radical (unpaired) electrons. The summed E-state index contributed by atoms with van der Waals surface area (Å²) in [7, 11) is 0. The fourth-order valence-electron chi connectivity index (χ4n) is 4.52. The van der Waals surface area contributed by atoms with Crippen molar-refractivity contribution in [3.63, 3.8) is 0 Å². The maximum atomic E-state index is 12.9. The van der Waals surface area contributed by atoms with Crippen LogP contribution in [0.1, 0.15) is 43.0 Å². The number of halogens is 3. The molecule has 1 fully saturated rings. The van der Waals surface area contributed by atoms with E-state index < -0.39 is 6.04 Å². The van der Waals surface area contributed by atoms with Crippen molar-refractivity contribution in [1.29, 1.82) is 0 Å². The smallest absolute Gasteiger partial charge is 0.239 e. The van der Waals surface area contributed by atoms with Crippen molar-refractivity contribution in [3.05, 3.63) is 52.4 Å². The number of carbonyl (C=O) groups is 1. The third kappa shape index (κ3) is 5.43. The predicted octanol–water partition coefficient (Wildman–Crippen LogP) is 3.63. The molecular weight excluding hydrogens is 457 g/mol. The summed E-state index contributed by atoms with van der Waals surface area (Å²) in [5.74, 6) is 1.54. The molecular formula is C22H30Cl3N5O. The number of amides is 1. The minimum atomic E-state index is -0.543. The van der Waals surface area contributed by atoms with Crippen LogP contribution in [0.15, 0.2) is 30.6 Å². The highest BCUT2D eigenvalue weighted by Crippen LogP contribution is 2.38. The number of nitrogens with zero attached hydrogens (tertiary/aromatic N) is 4. The first-order valence-corrected chi connectivity index (χ1v) is 10.7. The first-order chi connectivity index (χ1) is 13.9. The van der Waals surface area contributed by atoms with Crippen molar-refractivity contribution >= 4 is 48.1 Å². The second kappa shape index (κ2) is 10.8. The summed E-state index contributed by atoms with van der Waals surface area (Å²) in [6.45, 7) is 6.47. The van der Waals surface area contributed by atoms with Crippen LogP contribution < -0.4 is 10.6 Å². The van der Waals surface area contributed by atoms with Gasteiger partial charge in [-0.25, -0.2) is 9.97 Å². The third-order valence-corrected chi connectivity index (χ3v) is 6.40. The van der Waals surface area contributed by atoms with Gasteiger partial charge in [-0.1, -0.05) is 30.7 Å². The molecule has 1 saturated heterocycles. The molecule has 0 spiro atoms. The van der Waals surface area contributed by atoms with Crippen LogP contribution in [0.3, 0.4) is 0 Å². The number of aryl methyl sites for hydroxylation is 1. The van der Waals surface area contributed by atoms with E-state index in [1.807, 2.05) is 29.2 Å². The lowest BCUT2D eigenvalue weighted by molar-refractivity contribution is -0.133. The molecule has 31 heavy (non-hydrogen) atoms. The molecule has 2 heterocycles. The van der Waals surface area contributed by atoms with Crippen molar-refractivity contribution in [1.82, 2.24) is 14.9 Å². The lowest BCUT2D eigenvalue weighted by Gasteiger charge is -2.42. The van der Waals surface area contributed by atoms with Crippen molar-refractivity contribution < 1.29 is 4.79 Å².